The van der Waals surface area contributed by atoms with E-state index >= 15 is 0 Å². The summed E-state index contributed by atoms with van der Waals surface area (Å²) in [6.45, 7) is 5.90. The topological polar surface area (TPSA) is 40.6 Å². The highest BCUT2D eigenvalue weighted by molar-refractivity contribution is 6.05. The summed E-state index contributed by atoms with van der Waals surface area (Å²) in [4.78, 5) is 28.8. The number of benzene rings is 1. The summed E-state index contributed by atoms with van der Waals surface area (Å²) in [5, 5.41) is 0. The van der Waals surface area contributed by atoms with Crippen molar-refractivity contribution in [2.45, 2.75) is 39.3 Å². The average molecular weight is 314 g/mol. The lowest BCUT2D eigenvalue weighted by atomic mass is 9.82. The van der Waals surface area contributed by atoms with E-state index in [1.54, 1.807) is 7.05 Å². The molecule has 0 N–H and O–H groups in total. The van der Waals surface area contributed by atoms with Gasteiger partial charge in [0.05, 0.1) is 11.8 Å². The van der Waals surface area contributed by atoms with Gasteiger partial charge in [-0.05, 0) is 11.5 Å². The Labute approximate surface area is 138 Å². The van der Waals surface area contributed by atoms with Crippen LogP contribution in [0.15, 0.2) is 30.3 Å². The van der Waals surface area contributed by atoms with Crippen molar-refractivity contribution in [3.8, 4) is 0 Å². The van der Waals surface area contributed by atoms with Crippen molar-refractivity contribution in [3.05, 3.63) is 35.9 Å². The molecule has 3 atom stereocenters. The van der Waals surface area contributed by atoms with Crippen LogP contribution in [-0.2, 0) is 16.1 Å². The van der Waals surface area contributed by atoms with Gasteiger partial charge in [0, 0.05) is 26.2 Å². The lowest BCUT2D eigenvalue weighted by Gasteiger charge is -2.33. The summed E-state index contributed by atoms with van der Waals surface area (Å²) in [6.07, 6.45) is 2.09. The molecule has 2 heterocycles. The zero-order chi connectivity index (χ0) is 16.6. The van der Waals surface area contributed by atoms with Crippen LogP contribution >= 0.6 is 0 Å². The van der Waals surface area contributed by atoms with Gasteiger partial charge in [-0.3, -0.25) is 19.4 Å². The summed E-state index contributed by atoms with van der Waals surface area (Å²) in [7, 11) is 1.63. The Balaban J connectivity index is 1.90. The molecule has 4 heteroatoms. The van der Waals surface area contributed by atoms with E-state index in [4.69, 9.17) is 0 Å². The van der Waals surface area contributed by atoms with Crippen LogP contribution in [0.25, 0.3) is 0 Å². The fourth-order valence-electron chi connectivity index (χ4n) is 4.43. The zero-order valence-electron chi connectivity index (χ0n) is 14.2. The summed E-state index contributed by atoms with van der Waals surface area (Å²) in [5.41, 5.74) is 1.25. The van der Waals surface area contributed by atoms with Gasteiger partial charge in [0.15, 0.2) is 0 Å². The first-order valence-electron chi connectivity index (χ1n) is 8.67. The number of carbonyl (C=O) groups is 2. The summed E-state index contributed by atoms with van der Waals surface area (Å²) in [6, 6.07) is 10.5. The fraction of sp³-hybridized carbons (Fsp3) is 0.579. The number of imide groups is 1. The standard InChI is InChI=1S/C19H26N2O2/c1-4-14(5-2)17-16-15(18(22)20(3)19(16)23)12-21(17)11-13-9-7-6-8-10-13/h6-10,14-17H,4-5,11-12H2,1-3H3/t15-,16+,17+/m0/s1. The maximum absolute atomic E-state index is 12.6. The molecule has 4 nitrogen and oxygen atoms in total. The molecule has 0 unspecified atom stereocenters. The van der Waals surface area contributed by atoms with Crippen LogP contribution in [-0.4, -0.2) is 41.2 Å². The van der Waals surface area contributed by atoms with Gasteiger partial charge in [0.25, 0.3) is 0 Å². The molecule has 0 saturated carbocycles. The van der Waals surface area contributed by atoms with Crippen molar-refractivity contribution in [2.75, 3.05) is 13.6 Å². The molecule has 2 saturated heterocycles. The lowest BCUT2D eigenvalue weighted by Crippen LogP contribution is -2.43. The largest absolute Gasteiger partial charge is 0.294 e. The average Bonchev–Trinajstić information content (AvgIpc) is 3.02. The summed E-state index contributed by atoms with van der Waals surface area (Å²) in [5.74, 6) is 0.180. The number of carbonyl (C=O) groups excluding carboxylic acids is 2. The number of hydrogen-bond acceptors (Lipinski definition) is 3. The highest BCUT2D eigenvalue weighted by Crippen LogP contribution is 2.42. The zero-order valence-corrected chi connectivity index (χ0v) is 14.2. The number of fused-ring (bicyclic) bond motifs is 1. The van der Waals surface area contributed by atoms with E-state index in [0.29, 0.717) is 12.5 Å². The predicted octanol–water partition coefficient (Wildman–Crippen LogP) is 2.54. The van der Waals surface area contributed by atoms with Gasteiger partial charge >= 0.3 is 0 Å². The highest BCUT2D eigenvalue weighted by atomic mass is 16.2. The van der Waals surface area contributed by atoms with Gasteiger partial charge in [0.1, 0.15) is 0 Å². The fourth-order valence-corrected chi connectivity index (χ4v) is 4.43. The van der Waals surface area contributed by atoms with Crippen molar-refractivity contribution >= 4 is 11.8 Å². The SMILES string of the molecule is CCC(CC)[C@@H]1[C@@H]2C(=O)N(C)C(=O)[C@H]2CN1Cc1ccccc1. The predicted molar refractivity (Wildman–Crippen MR) is 89.5 cm³/mol. The van der Waals surface area contributed by atoms with Gasteiger partial charge in [-0.25, -0.2) is 0 Å². The minimum absolute atomic E-state index is 0.00604. The van der Waals surface area contributed by atoms with Gasteiger partial charge in [0.2, 0.25) is 11.8 Å². The van der Waals surface area contributed by atoms with Crippen LogP contribution in [0.1, 0.15) is 32.3 Å². The molecular formula is C19H26N2O2. The van der Waals surface area contributed by atoms with E-state index < -0.39 is 0 Å². The van der Waals surface area contributed by atoms with Crippen molar-refractivity contribution in [1.82, 2.24) is 9.80 Å². The van der Waals surface area contributed by atoms with Crippen LogP contribution < -0.4 is 0 Å². The molecule has 1 aromatic carbocycles. The molecule has 0 aromatic heterocycles. The number of hydrogen-bond donors (Lipinski definition) is 0. The van der Waals surface area contributed by atoms with Gasteiger partial charge in [-0.15, -0.1) is 0 Å². The monoisotopic (exact) mass is 314 g/mol. The Morgan fingerprint density at radius 1 is 1.09 bits per heavy atom. The van der Waals surface area contributed by atoms with E-state index in [1.165, 1.54) is 10.5 Å². The van der Waals surface area contributed by atoms with E-state index in [2.05, 4.69) is 30.9 Å². The molecule has 1 aromatic rings. The van der Waals surface area contributed by atoms with Crippen molar-refractivity contribution in [3.63, 3.8) is 0 Å². The molecule has 124 valence electrons. The molecule has 0 aliphatic carbocycles. The van der Waals surface area contributed by atoms with Gasteiger partial charge in [-0.2, -0.15) is 0 Å². The molecule has 0 spiro atoms. The van der Waals surface area contributed by atoms with Crippen LogP contribution in [0.5, 0.6) is 0 Å². The van der Waals surface area contributed by atoms with Crippen LogP contribution in [0.3, 0.4) is 0 Å². The third-order valence-electron chi connectivity index (χ3n) is 5.68. The van der Waals surface area contributed by atoms with Crippen LogP contribution in [0, 0.1) is 17.8 Å². The Morgan fingerprint density at radius 2 is 1.74 bits per heavy atom. The quantitative estimate of drug-likeness (QED) is 0.784. The molecule has 0 bridgehead atoms. The van der Waals surface area contributed by atoms with Crippen molar-refractivity contribution < 1.29 is 9.59 Å². The number of nitrogens with zero attached hydrogens (tertiary/aromatic N) is 2. The lowest BCUT2D eigenvalue weighted by molar-refractivity contribution is -0.139. The van der Waals surface area contributed by atoms with E-state index in [1.807, 2.05) is 18.2 Å². The second-order valence-corrected chi connectivity index (χ2v) is 6.85. The molecular weight excluding hydrogens is 288 g/mol. The Bertz CT molecular complexity index is 582. The van der Waals surface area contributed by atoms with E-state index in [9.17, 15) is 9.59 Å². The molecule has 2 amide bonds. The van der Waals surface area contributed by atoms with Crippen LogP contribution in [0.2, 0.25) is 0 Å². The van der Waals surface area contributed by atoms with Gasteiger partial charge < -0.3 is 0 Å². The highest BCUT2D eigenvalue weighted by Gasteiger charge is 2.57. The minimum atomic E-state index is -0.152. The van der Waals surface area contributed by atoms with Gasteiger partial charge in [-0.1, -0.05) is 57.0 Å². The number of likely N-dealkylation sites (tertiary alicyclic amines) is 2. The summed E-state index contributed by atoms with van der Waals surface area (Å²) >= 11 is 0. The second-order valence-electron chi connectivity index (χ2n) is 6.85. The van der Waals surface area contributed by atoms with Crippen molar-refractivity contribution in [1.29, 1.82) is 0 Å². The van der Waals surface area contributed by atoms with Crippen molar-refractivity contribution in [2.24, 2.45) is 17.8 Å². The number of rotatable bonds is 5. The Kier molecular flexibility index (Phi) is 4.53. The molecule has 2 fully saturated rings. The molecule has 23 heavy (non-hydrogen) atoms. The normalized spacial score (nSPS) is 28.0. The van der Waals surface area contributed by atoms with Crippen LogP contribution in [0.4, 0.5) is 0 Å². The maximum Gasteiger partial charge on any atom is 0.234 e. The molecule has 0 radical (unpaired) electrons. The first-order valence-corrected chi connectivity index (χ1v) is 8.67. The molecule has 2 aliphatic rings. The minimum Gasteiger partial charge on any atom is -0.294 e. The Hall–Kier alpha value is -1.68. The van der Waals surface area contributed by atoms with E-state index in [0.717, 1.165) is 19.4 Å². The Morgan fingerprint density at radius 3 is 2.35 bits per heavy atom. The third kappa shape index (κ3) is 2.69. The first kappa shape index (κ1) is 16.2. The first-order chi connectivity index (χ1) is 11.1. The smallest absolute Gasteiger partial charge is 0.234 e. The van der Waals surface area contributed by atoms with E-state index in [-0.39, 0.29) is 29.7 Å². The number of amides is 2. The third-order valence-corrected chi connectivity index (χ3v) is 5.68. The maximum atomic E-state index is 12.6. The second kappa shape index (κ2) is 6.44. The molecule has 3 rings (SSSR count). The summed E-state index contributed by atoms with van der Waals surface area (Å²) < 4.78 is 0. The molecule has 2 aliphatic heterocycles.